The van der Waals surface area contributed by atoms with Crippen molar-refractivity contribution in [2.24, 2.45) is 0 Å². The summed E-state index contributed by atoms with van der Waals surface area (Å²) in [5.74, 6) is 0.766. The molecular weight excluding hydrogens is 360 g/mol. The number of carbonyl (C=O) groups is 1. The van der Waals surface area contributed by atoms with Gasteiger partial charge in [-0.3, -0.25) is 4.90 Å². The molecule has 1 spiro atoms. The standard InChI is InChI=1S/C21H24N2O5/c1-26-15-7-6-14-16(17(15)27-2)22-18-13(19(24)28-3)11-12-5-4-9-23-10-8-20(14,18)21(12,23)25/h6-7,11,22,25H,4-5,8-10H2,1-3H3/t20-,21+/m0/s1. The first kappa shape index (κ1) is 17.6. The van der Waals surface area contributed by atoms with E-state index >= 15 is 0 Å². The lowest BCUT2D eigenvalue weighted by atomic mass is 9.63. The van der Waals surface area contributed by atoms with E-state index in [-0.39, 0.29) is 0 Å². The summed E-state index contributed by atoms with van der Waals surface area (Å²) < 4.78 is 16.2. The SMILES string of the molecule is COC(=O)C1=C2Nc3c(ccc(OC)c3OC)[C@@]23CCN2CCCC(=C1)[C@]23O. The fraction of sp³-hybridized carbons (Fsp3) is 0.476. The monoisotopic (exact) mass is 384 g/mol. The molecule has 0 saturated carbocycles. The van der Waals surface area contributed by atoms with Crippen molar-refractivity contribution in [3.63, 3.8) is 0 Å². The summed E-state index contributed by atoms with van der Waals surface area (Å²) in [4.78, 5) is 14.8. The Balaban J connectivity index is 1.84. The normalized spacial score (nSPS) is 30.1. The Kier molecular flexibility index (Phi) is 3.61. The molecule has 2 atom stereocenters. The summed E-state index contributed by atoms with van der Waals surface area (Å²) in [6.45, 7) is 1.58. The first-order valence-electron chi connectivity index (χ1n) is 9.57. The minimum atomic E-state index is -1.16. The number of hydrogen-bond acceptors (Lipinski definition) is 7. The zero-order valence-corrected chi connectivity index (χ0v) is 16.3. The maximum Gasteiger partial charge on any atom is 0.339 e. The summed E-state index contributed by atoms with van der Waals surface area (Å²) in [5.41, 5.74) is 1.81. The molecule has 1 aliphatic carbocycles. The summed E-state index contributed by atoms with van der Waals surface area (Å²) in [6.07, 6.45) is 4.23. The van der Waals surface area contributed by atoms with Gasteiger partial charge in [0.2, 0.25) is 0 Å². The highest BCUT2D eigenvalue weighted by Crippen LogP contribution is 2.65. The topological polar surface area (TPSA) is 80.3 Å². The molecule has 1 aromatic rings. The molecule has 2 N–H and O–H groups in total. The van der Waals surface area contributed by atoms with Crippen LogP contribution in [0.3, 0.4) is 0 Å². The Hall–Kier alpha value is -2.51. The van der Waals surface area contributed by atoms with Crippen LogP contribution in [0.25, 0.3) is 0 Å². The minimum absolute atomic E-state index is 0.404. The summed E-state index contributed by atoms with van der Waals surface area (Å²) in [7, 11) is 4.57. The van der Waals surface area contributed by atoms with Crippen molar-refractivity contribution in [1.29, 1.82) is 0 Å². The maximum absolute atomic E-state index is 12.7. The van der Waals surface area contributed by atoms with Crippen LogP contribution in [0.15, 0.2) is 35.1 Å². The number of anilines is 1. The molecule has 0 amide bonds. The zero-order valence-electron chi connectivity index (χ0n) is 16.3. The highest BCUT2D eigenvalue weighted by molar-refractivity contribution is 5.97. The molecule has 0 aromatic heterocycles. The van der Waals surface area contributed by atoms with Crippen molar-refractivity contribution in [2.75, 3.05) is 39.7 Å². The van der Waals surface area contributed by atoms with E-state index in [1.54, 1.807) is 14.2 Å². The van der Waals surface area contributed by atoms with Crippen molar-refractivity contribution in [3.05, 3.63) is 40.6 Å². The number of carbonyl (C=O) groups excluding carboxylic acids is 1. The van der Waals surface area contributed by atoms with Gasteiger partial charge in [-0.25, -0.2) is 4.79 Å². The van der Waals surface area contributed by atoms with Crippen molar-refractivity contribution in [3.8, 4) is 11.5 Å². The number of esters is 1. The van der Waals surface area contributed by atoms with Gasteiger partial charge in [-0.2, -0.15) is 0 Å². The van der Waals surface area contributed by atoms with Gasteiger partial charge in [0.1, 0.15) is 0 Å². The Morgan fingerprint density at radius 3 is 2.75 bits per heavy atom. The van der Waals surface area contributed by atoms with E-state index in [1.807, 2.05) is 18.2 Å². The number of rotatable bonds is 3. The molecule has 7 heteroatoms. The van der Waals surface area contributed by atoms with Gasteiger partial charge in [0.05, 0.1) is 38.0 Å². The molecule has 2 fully saturated rings. The quantitative estimate of drug-likeness (QED) is 0.771. The number of nitrogens with one attached hydrogen (secondary N) is 1. The number of hydrogen-bond donors (Lipinski definition) is 2. The lowest BCUT2D eigenvalue weighted by Crippen LogP contribution is -2.61. The van der Waals surface area contributed by atoms with Gasteiger partial charge in [-0.15, -0.1) is 0 Å². The van der Waals surface area contributed by atoms with Crippen LogP contribution >= 0.6 is 0 Å². The summed E-state index contributed by atoms with van der Waals surface area (Å²) >= 11 is 0. The van der Waals surface area contributed by atoms with Gasteiger partial charge < -0.3 is 24.6 Å². The number of ether oxygens (including phenoxy) is 3. The second-order valence-corrected chi connectivity index (χ2v) is 7.72. The second kappa shape index (κ2) is 5.75. The largest absolute Gasteiger partial charge is 0.493 e. The van der Waals surface area contributed by atoms with Crippen LogP contribution in [0.5, 0.6) is 11.5 Å². The van der Waals surface area contributed by atoms with Gasteiger partial charge in [-0.1, -0.05) is 6.07 Å². The molecule has 3 aliphatic heterocycles. The number of methoxy groups -OCH3 is 3. The molecule has 5 rings (SSSR count). The fourth-order valence-corrected chi connectivity index (χ4v) is 5.68. The smallest absolute Gasteiger partial charge is 0.339 e. The molecular formula is C21H24N2O5. The molecule has 1 aromatic carbocycles. The van der Waals surface area contributed by atoms with Crippen LogP contribution in [0.1, 0.15) is 24.8 Å². The average molecular weight is 384 g/mol. The van der Waals surface area contributed by atoms with Crippen molar-refractivity contribution >= 4 is 11.7 Å². The molecule has 0 bridgehead atoms. The van der Waals surface area contributed by atoms with Crippen LogP contribution in [0, 0.1) is 0 Å². The van der Waals surface area contributed by atoms with Crippen LogP contribution in [-0.4, -0.2) is 56.1 Å². The van der Waals surface area contributed by atoms with Gasteiger partial charge in [-0.05, 0) is 42.5 Å². The predicted molar refractivity (Wildman–Crippen MR) is 102 cm³/mol. The van der Waals surface area contributed by atoms with Gasteiger partial charge in [0.25, 0.3) is 0 Å². The zero-order chi connectivity index (χ0) is 19.7. The van der Waals surface area contributed by atoms with E-state index in [2.05, 4.69) is 10.2 Å². The molecule has 28 heavy (non-hydrogen) atoms. The number of benzene rings is 1. The molecule has 0 unspecified atom stereocenters. The van der Waals surface area contributed by atoms with Gasteiger partial charge in [0.15, 0.2) is 17.2 Å². The van der Waals surface area contributed by atoms with Crippen LogP contribution < -0.4 is 14.8 Å². The average Bonchev–Trinajstić information content (AvgIpc) is 3.22. The first-order chi connectivity index (χ1) is 13.5. The summed E-state index contributed by atoms with van der Waals surface area (Å²) in [5, 5.41) is 15.5. The van der Waals surface area contributed by atoms with Crippen molar-refractivity contribution in [1.82, 2.24) is 4.90 Å². The third kappa shape index (κ3) is 1.79. The Bertz CT molecular complexity index is 952. The van der Waals surface area contributed by atoms with Gasteiger partial charge >= 0.3 is 5.97 Å². The highest BCUT2D eigenvalue weighted by Gasteiger charge is 2.69. The molecule has 0 radical (unpaired) electrons. The second-order valence-electron chi connectivity index (χ2n) is 7.72. The van der Waals surface area contributed by atoms with E-state index < -0.39 is 17.1 Å². The highest BCUT2D eigenvalue weighted by atomic mass is 16.5. The fourth-order valence-electron chi connectivity index (χ4n) is 5.68. The number of piperidine rings is 1. The summed E-state index contributed by atoms with van der Waals surface area (Å²) in [6, 6.07) is 3.84. The van der Waals surface area contributed by atoms with E-state index in [4.69, 9.17) is 14.2 Å². The minimum Gasteiger partial charge on any atom is -0.493 e. The Morgan fingerprint density at radius 2 is 2.04 bits per heavy atom. The van der Waals surface area contributed by atoms with Crippen LogP contribution in [0.2, 0.25) is 0 Å². The lowest BCUT2D eigenvalue weighted by molar-refractivity contribution is -0.136. The van der Waals surface area contributed by atoms with E-state index in [9.17, 15) is 9.90 Å². The first-order valence-corrected chi connectivity index (χ1v) is 9.57. The Labute approximate surface area is 163 Å². The maximum atomic E-state index is 12.7. The predicted octanol–water partition coefficient (Wildman–Crippen LogP) is 1.92. The van der Waals surface area contributed by atoms with E-state index in [0.29, 0.717) is 29.2 Å². The van der Waals surface area contributed by atoms with Crippen molar-refractivity contribution < 1.29 is 24.1 Å². The Morgan fingerprint density at radius 1 is 1.21 bits per heavy atom. The number of fused-ring (bicyclic) bond motifs is 1. The van der Waals surface area contributed by atoms with Crippen LogP contribution in [0.4, 0.5) is 5.69 Å². The molecule has 7 nitrogen and oxygen atoms in total. The number of aliphatic hydroxyl groups is 1. The van der Waals surface area contributed by atoms with E-state index in [0.717, 1.165) is 42.8 Å². The third-order valence-corrected chi connectivity index (χ3v) is 6.81. The number of nitrogens with zero attached hydrogens (tertiary/aromatic N) is 1. The molecule has 4 aliphatic rings. The van der Waals surface area contributed by atoms with Crippen LogP contribution in [-0.2, 0) is 14.9 Å². The third-order valence-electron chi connectivity index (χ3n) is 6.81. The van der Waals surface area contributed by atoms with E-state index in [1.165, 1.54) is 7.11 Å². The van der Waals surface area contributed by atoms with Crippen molar-refractivity contribution in [2.45, 2.75) is 30.4 Å². The lowest BCUT2D eigenvalue weighted by Gasteiger charge is -2.51. The molecule has 148 valence electrons. The molecule has 2 saturated heterocycles. The van der Waals surface area contributed by atoms with Gasteiger partial charge in [0, 0.05) is 18.8 Å². The molecule has 3 heterocycles.